The zero-order chi connectivity index (χ0) is 24.0. The molecule has 2 N–H and O–H groups in total. The van der Waals surface area contributed by atoms with Crippen LogP contribution in [0.3, 0.4) is 0 Å². The van der Waals surface area contributed by atoms with Crippen molar-refractivity contribution in [1.29, 1.82) is 0 Å². The molecule has 0 fully saturated rings. The number of hydrogen-bond acceptors (Lipinski definition) is 5. The number of pyridine rings is 1. The molecule has 1 aromatic carbocycles. The van der Waals surface area contributed by atoms with E-state index in [2.05, 4.69) is 5.32 Å². The zero-order valence-electron chi connectivity index (χ0n) is 18.3. The van der Waals surface area contributed by atoms with E-state index in [9.17, 15) is 28.3 Å². The maximum atomic E-state index is 14.3. The van der Waals surface area contributed by atoms with Gasteiger partial charge in [-0.2, -0.15) is 0 Å². The van der Waals surface area contributed by atoms with Crippen LogP contribution in [0.5, 0.6) is 5.75 Å². The lowest BCUT2D eigenvalue weighted by Gasteiger charge is -2.38. The Balaban J connectivity index is 1.71. The van der Waals surface area contributed by atoms with Gasteiger partial charge >= 0.3 is 0 Å². The van der Waals surface area contributed by atoms with Gasteiger partial charge in [-0.15, -0.1) is 0 Å². The van der Waals surface area contributed by atoms with Crippen LogP contribution in [0.25, 0.3) is 0 Å². The third kappa shape index (κ3) is 3.70. The second kappa shape index (κ2) is 8.43. The second-order valence-electron chi connectivity index (χ2n) is 8.16. The Kier molecular flexibility index (Phi) is 5.79. The summed E-state index contributed by atoms with van der Waals surface area (Å²) >= 11 is 0. The van der Waals surface area contributed by atoms with Crippen LogP contribution in [0.1, 0.15) is 44.9 Å². The summed E-state index contributed by atoms with van der Waals surface area (Å²) in [6, 6.07) is 1.52. The first kappa shape index (κ1) is 22.7. The fourth-order valence-electron chi connectivity index (χ4n) is 4.24. The molecule has 10 heteroatoms. The number of amides is 2. The normalized spacial score (nSPS) is 21.5. The number of nitrogens with zero attached hydrogens (tertiary/aromatic N) is 2. The number of benzene rings is 1. The maximum Gasteiger partial charge on any atom is 0.275 e. The lowest BCUT2D eigenvalue weighted by molar-refractivity contribution is 0.0435. The Morgan fingerprint density at radius 2 is 2.00 bits per heavy atom. The Hall–Kier alpha value is -3.53. The number of aromatic nitrogens is 1. The molecule has 3 heterocycles. The first-order valence-electron chi connectivity index (χ1n) is 10.4. The van der Waals surface area contributed by atoms with Gasteiger partial charge in [0.05, 0.1) is 12.1 Å². The Morgan fingerprint density at radius 1 is 1.27 bits per heavy atom. The molecule has 174 valence electrons. The summed E-state index contributed by atoms with van der Waals surface area (Å²) in [6.07, 6.45) is 4.35. The largest absolute Gasteiger partial charge is 0.503 e. The number of methoxy groups -OCH3 is 1. The Labute approximate surface area is 188 Å². The highest BCUT2D eigenvalue weighted by Crippen LogP contribution is 2.33. The predicted molar refractivity (Wildman–Crippen MR) is 114 cm³/mol. The third-order valence-electron chi connectivity index (χ3n) is 6.22. The zero-order valence-corrected chi connectivity index (χ0v) is 18.3. The molecule has 4 rings (SSSR count). The summed E-state index contributed by atoms with van der Waals surface area (Å²) in [7, 11) is 1.50. The molecule has 0 saturated heterocycles. The van der Waals surface area contributed by atoms with Gasteiger partial charge in [0, 0.05) is 43.6 Å². The van der Waals surface area contributed by atoms with Crippen LogP contribution in [-0.2, 0) is 11.3 Å². The Bertz CT molecular complexity index is 1240. The average molecular weight is 459 g/mol. The topological polar surface area (TPSA) is 101 Å². The highest BCUT2D eigenvalue weighted by Gasteiger charge is 2.41. The van der Waals surface area contributed by atoms with E-state index in [4.69, 9.17) is 4.74 Å². The van der Waals surface area contributed by atoms with E-state index >= 15 is 0 Å². The van der Waals surface area contributed by atoms with Crippen LogP contribution in [0.15, 0.2) is 35.3 Å². The minimum absolute atomic E-state index is 0.0395. The molecule has 8 nitrogen and oxygen atoms in total. The average Bonchev–Trinajstić information content (AvgIpc) is 2.94. The predicted octanol–water partition coefficient (Wildman–Crippen LogP) is 2.04. The van der Waals surface area contributed by atoms with Crippen LogP contribution < -0.4 is 10.7 Å². The lowest BCUT2D eigenvalue weighted by Crippen LogP contribution is -2.49. The van der Waals surface area contributed by atoms with Crippen LogP contribution in [-0.4, -0.2) is 52.2 Å². The van der Waals surface area contributed by atoms with Gasteiger partial charge in [0.15, 0.2) is 11.4 Å². The molecule has 3 atom stereocenters. The van der Waals surface area contributed by atoms with Crippen molar-refractivity contribution in [2.45, 2.75) is 38.6 Å². The van der Waals surface area contributed by atoms with Crippen LogP contribution in [0, 0.1) is 18.6 Å². The maximum absolute atomic E-state index is 14.3. The van der Waals surface area contributed by atoms with E-state index in [0.29, 0.717) is 0 Å². The van der Waals surface area contributed by atoms with Crippen molar-refractivity contribution in [1.82, 2.24) is 14.8 Å². The number of ether oxygens (including phenoxy) is 1. The monoisotopic (exact) mass is 459 g/mol. The molecular weight excluding hydrogens is 436 g/mol. The summed E-state index contributed by atoms with van der Waals surface area (Å²) < 4.78 is 34.7. The summed E-state index contributed by atoms with van der Waals surface area (Å²) in [5.74, 6) is -3.75. The van der Waals surface area contributed by atoms with Crippen LogP contribution in [0.2, 0.25) is 0 Å². The molecule has 1 aromatic heterocycles. The molecule has 2 aliphatic rings. The van der Waals surface area contributed by atoms with Gasteiger partial charge in [0.2, 0.25) is 5.43 Å². The molecular formula is C23H23F2N3O5. The van der Waals surface area contributed by atoms with Crippen molar-refractivity contribution < 1.29 is 28.2 Å². The number of halogens is 2. The lowest BCUT2D eigenvalue weighted by atomic mass is 10.0. The first-order chi connectivity index (χ1) is 15.6. The van der Waals surface area contributed by atoms with Crippen molar-refractivity contribution in [3.8, 4) is 5.75 Å². The minimum atomic E-state index is -1.02. The molecule has 33 heavy (non-hydrogen) atoms. The highest BCUT2D eigenvalue weighted by molar-refractivity contribution is 5.99. The minimum Gasteiger partial charge on any atom is -0.503 e. The van der Waals surface area contributed by atoms with E-state index < -0.39 is 52.3 Å². The molecule has 2 aliphatic heterocycles. The smallest absolute Gasteiger partial charge is 0.275 e. The number of fused-ring (bicyclic) bond motifs is 4. The van der Waals surface area contributed by atoms with Gasteiger partial charge in [0.25, 0.3) is 11.8 Å². The highest BCUT2D eigenvalue weighted by atomic mass is 19.1. The van der Waals surface area contributed by atoms with Crippen molar-refractivity contribution in [2.75, 3.05) is 13.7 Å². The number of aromatic hydroxyl groups is 1. The van der Waals surface area contributed by atoms with E-state index in [-0.39, 0.29) is 36.0 Å². The van der Waals surface area contributed by atoms with Gasteiger partial charge in [0.1, 0.15) is 17.2 Å². The van der Waals surface area contributed by atoms with E-state index in [1.165, 1.54) is 35.8 Å². The summed E-state index contributed by atoms with van der Waals surface area (Å²) in [5.41, 5.74) is -1.79. The number of rotatable bonds is 4. The van der Waals surface area contributed by atoms with Crippen molar-refractivity contribution in [3.05, 3.63) is 74.7 Å². The molecule has 0 radical (unpaired) electrons. The molecule has 2 bridgehead atoms. The molecule has 0 saturated carbocycles. The van der Waals surface area contributed by atoms with E-state index in [1.54, 1.807) is 12.2 Å². The van der Waals surface area contributed by atoms with Crippen molar-refractivity contribution in [2.24, 2.45) is 0 Å². The van der Waals surface area contributed by atoms with Crippen molar-refractivity contribution >= 4 is 11.8 Å². The molecule has 1 unspecified atom stereocenters. The fourth-order valence-corrected chi connectivity index (χ4v) is 4.24. The number of hydrogen-bond donors (Lipinski definition) is 2. The third-order valence-corrected chi connectivity index (χ3v) is 6.22. The van der Waals surface area contributed by atoms with Gasteiger partial charge in [-0.05, 0) is 19.9 Å². The number of nitrogens with one attached hydrogen (secondary N) is 1. The van der Waals surface area contributed by atoms with Crippen molar-refractivity contribution in [3.63, 3.8) is 0 Å². The molecule has 0 spiro atoms. The number of carbonyl (C=O) groups is 2. The summed E-state index contributed by atoms with van der Waals surface area (Å²) in [6.45, 7) is 3.04. The quantitative estimate of drug-likeness (QED) is 0.682. The second-order valence-corrected chi connectivity index (χ2v) is 8.16. The molecule has 2 amide bonds. The van der Waals surface area contributed by atoms with Gasteiger partial charge < -0.3 is 24.6 Å². The standard InChI is InChI=1S/C23H23F2N3O5/c1-11-4-7-17(33-3)16-10-27(11)23(32)19-21(30)20(29)14(9-28(16)19)22(31)26-8-13-5-6-15(24)12(2)18(13)25/h4-7,9,11,16-17,30H,8,10H2,1-3H3,(H,26,31)/t11-,16?,17+/m0/s1. The van der Waals surface area contributed by atoms with Gasteiger partial charge in [-0.3, -0.25) is 14.4 Å². The molecule has 2 aromatic rings. The van der Waals surface area contributed by atoms with E-state index in [1.807, 2.05) is 6.92 Å². The van der Waals surface area contributed by atoms with Crippen LogP contribution in [0.4, 0.5) is 8.78 Å². The van der Waals surface area contributed by atoms with E-state index in [0.717, 1.165) is 6.07 Å². The van der Waals surface area contributed by atoms with Gasteiger partial charge in [-0.1, -0.05) is 18.2 Å². The molecule has 0 aliphatic carbocycles. The summed E-state index contributed by atoms with van der Waals surface area (Å²) in [5, 5.41) is 13.0. The first-order valence-corrected chi connectivity index (χ1v) is 10.4. The fraction of sp³-hybridized carbons (Fsp3) is 0.348. The van der Waals surface area contributed by atoms with Gasteiger partial charge in [-0.25, -0.2) is 8.78 Å². The summed E-state index contributed by atoms with van der Waals surface area (Å²) in [4.78, 5) is 40.1. The van der Waals surface area contributed by atoms with Crippen LogP contribution >= 0.6 is 0 Å². The SMILES string of the molecule is CO[C@@H]1C=C[C@H](C)N2CC1n1cc(C(=O)NCc3ccc(F)c(C)c3F)c(=O)c(O)c1C2=O. The number of carbonyl (C=O) groups excluding carboxylic acids is 2. The Morgan fingerprint density at radius 3 is 2.70 bits per heavy atom.